The molecule has 1 fully saturated rings. The lowest BCUT2D eigenvalue weighted by atomic mass is 10.00. The minimum atomic E-state index is -0.395. The molecule has 5 nitrogen and oxygen atoms in total. The Morgan fingerprint density at radius 2 is 2.30 bits per heavy atom. The van der Waals surface area contributed by atoms with Crippen molar-refractivity contribution in [1.82, 2.24) is 9.88 Å². The predicted molar refractivity (Wildman–Crippen MR) is 87.2 cm³/mol. The van der Waals surface area contributed by atoms with E-state index >= 15 is 0 Å². The first-order valence-corrected chi connectivity index (χ1v) is 8.32. The number of esters is 1. The molecule has 0 aliphatic carbocycles. The molecule has 3 heterocycles. The summed E-state index contributed by atoms with van der Waals surface area (Å²) in [5.74, 6) is -0.331. The van der Waals surface area contributed by atoms with E-state index in [-0.39, 0.29) is 24.5 Å². The van der Waals surface area contributed by atoms with Crippen molar-refractivity contribution >= 4 is 23.2 Å². The fraction of sp³-hybridized carbons (Fsp3) is 0.353. The number of aryl methyl sites for hydroxylation is 1. The highest BCUT2D eigenvalue weighted by atomic mass is 32.1. The molecule has 0 bridgehead atoms. The Balaban J connectivity index is 1.69. The maximum atomic E-state index is 12.2. The molecule has 2 atom stereocenters. The molecule has 6 heteroatoms. The van der Waals surface area contributed by atoms with Crippen LogP contribution in [0.15, 0.2) is 36.0 Å². The Morgan fingerprint density at radius 1 is 1.48 bits per heavy atom. The summed E-state index contributed by atoms with van der Waals surface area (Å²) in [6.07, 6.45) is 3.59. The van der Waals surface area contributed by atoms with E-state index < -0.39 is 5.97 Å². The Labute approximate surface area is 138 Å². The topological polar surface area (TPSA) is 59.5 Å². The molecule has 1 amide bonds. The van der Waals surface area contributed by atoms with Crippen molar-refractivity contribution in [2.24, 2.45) is 5.92 Å². The van der Waals surface area contributed by atoms with Crippen LogP contribution >= 0.6 is 11.3 Å². The van der Waals surface area contributed by atoms with Gasteiger partial charge in [0.05, 0.1) is 18.2 Å². The van der Waals surface area contributed by atoms with E-state index in [2.05, 4.69) is 4.98 Å². The minimum Gasteiger partial charge on any atom is -0.462 e. The summed E-state index contributed by atoms with van der Waals surface area (Å²) < 4.78 is 5.44. The number of carbonyl (C=O) groups is 2. The van der Waals surface area contributed by atoms with Gasteiger partial charge < -0.3 is 9.64 Å². The van der Waals surface area contributed by atoms with Crippen LogP contribution in [0.1, 0.15) is 33.3 Å². The second kappa shape index (κ2) is 6.50. The van der Waals surface area contributed by atoms with Crippen molar-refractivity contribution in [3.8, 4) is 0 Å². The van der Waals surface area contributed by atoms with E-state index in [0.29, 0.717) is 12.0 Å². The van der Waals surface area contributed by atoms with Crippen LogP contribution in [0.3, 0.4) is 0 Å². The lowest BCUT2D eigenvalue weighted by Gasteiger charge is -2.23. The van der Waals surface area contributed by atoms with Gasteiger partial charge in [0.1, 0.15) is 0 Å². The van der Waals surface area contributed by atoms with Crippen LogP contribution < -0.4 is 0 Å². The Bertz CT molecular complexity index is 714. The Kier molecular flexibility index (Phi) is 4.43. The van der Waals surface area contributed by atoms with E-state index in [1.165, 1.54) is 6.20 Å². The molecule has 23 heavy (non-hydrogen) atoms. The number of carbonyl (C=O) groups excluding carboxylic acids is 2. The zero-order valence-electron chi connectivity index (χ0n) is 13.1. The highest BCUT2D eigenvalue weighted by molar-refractivity contribution is 7.10. The molecule has 1 saturated heterocycles. The molecule has 0 unspecified atom stereocenters. The van der Waals surface area contributed by atoms with Gasteiger partial charge in [-0.25, -0.2) is 4.79 Å². The number of rotatable bonds is 4. The van der Waals surface area contributed by atoms with Gasteiger partial charge in [0, 0.05) is 36.7 Å². The third kappa shape index (κ3) is 3.27. The maximum absolute atomic E-state index is 12.2. The van der Waals surface area contributed by atoms with E-state index in [0.717, 1.165) is 10.4 Å². The first-order chi connectivity index (χ1) is 11.1. The molecule has 0 N–H and O–H groups in total. The standard InChI is InChI=1S/C17H18N2O3S/c1-11-6-12(9-18-8-11)17(21)22-10-13-7-15(20)19(2)16(13)14-4-3-5-23-14/h3-6,8-9,13,16H,7,10H2,1-2H3/t13-,16+/m0/s1. The van der Waals surface area contributed by atoms with Crippen LogP contribution in [0, 0.1) is 12.8 Å². The third-order valence-corrected chi connectivity index (χ3v) is 5.01. The number of hydrogen-bond acceptors (Lipinski definition) is 5. The average molecular weight is 330 g/mol. The van der Waals surface area contributed by atoms with Gasteiger partial charge in [0.15, 0.2) is 0 Å². The van der Waals surface area contributed by atoms with Gasteiger partial charge in [0.25, 0.3) is 0 Å². The lowest BCUT2D eigenvalue weighted by Crippen LogP contribution is -2.25. The van der Waals surface area contributed by atoms with Crippen molar-refractivity contribution < 1.29 is 14.3 Å². The van der Waals surface area contributed by atoms with Gasteiger partial charge >= 0.3 is 5.97 Å². The molecule has 2 aromatic heterocycles. The van der Waals surface area contributed by atoms with Crippen molar-refractivity contribution in [3.05, 3.63) is 52.0 Å². The number of likely N-dealkylation sites (tertiary alicyclic amines) is 1. The van der Waals surface area contributed by atoms with E-state index in [1.54, 1.807) is 35.5 Å². The Hall–Kier alpha value is -2.21. The predicted octanol–water partition coefficient (Wildman–Crippen LogP) is 2.83. The molecule has 2 aromatic rings. The largest absolute Gasteiger partial charge is 0.462 e. The Morgan fingerprint density at radius 3 is 3.00 bits per heavy atom. The first kappa shape index (κ1) is 15.7. The second-order valence-electron chi connectivity index (χ2n) is 5.78. The highest BCUT2D eigenvalue weighted by Crippen LogP contribution is 2.39. The summed E-state index contributed by atoms with van der Waals surface area (Å²) in [6.45, 7) is 2.10. The van der Waals surface area contributed by atoms with Crippen LogP contribution in [0.5, 0.6) is 0 Å². The molecular weight excluding hydrogens is 312 g/mol. The van der Waals surface area contributed by atoms with E-state index in [1.807, 2.05) is 24.4 Å². The summed E-state index contributed by atoms with van der Waals surface area (Å²) in [6, 6.07) is 5.71. The monoisotopic (exact) mass is 330 g/mol. The van der Waals surface area contributed by atoms with Crippen LogP contribution in [-0.2, 0) is 9.53 Å². The first-order valence-electron chi connectivity index (χ1n) is 7.44. The van der Waals surface area contributed by atoms with Gasteiger partial charge in [-0.3, -0.25) is 9.78 Å². The molecule has 1 aliphatic heterocycles. The fourth-order valence-electron chi connectivity index (χ4n) is 2.92. The normalized spacial score (nSPS) is 20.8. The molecular formula is C17H18N2O3S. The summed E-state index contributed by atoms with van der Waals surface area (Å²) in [7, 11) is 1.80. The van der Waals surface area contributed by atoms with Crippen molar-refractivity contribution in [1.29, 1.82) is 0 Å². The van der Waals surface area contributed by atoms with Crippen LogP contribution in [0.2, 0.25) is 0 Å². The summed E-state index contributed by atoms with van der Waals surface area (Å²) >= 11 is 1.62. The number of ether oxygens (including phenoxy) is 1. The van der Waals surface area contributed by atoms with Gasteiger partial charge in [-0.05, 0) is 30.0 Å². The quantitative estimate of drug-likeness (QED) is 0.809. The number of pyridine rings is 1. The second-order valence-corrected chi connectivity index (χ2v) is 6.76. The summed E-state index contributed by atoms with van der Waals surface area (Å²) in [5, 5.41) is 1.99. The van der Waals surface area contributed by atoms with Crippen molar-refractivity contribution in [2.75, 3.05) is 13.7 Å². The van der Waals surface area contributed by atoms with Crippen LogP contribution in [0.25, 0.3) is 0 Å². The number of thiophene rings is 1. The molecule has 0 radical (unpaired) electrons. The summed E-state index contributed by atoms with van der Waals surface area (Å²) in [4.78, 5) is 31.1. The zero-order valence-corrected chi connectivity index (χ0v) is 13.9. The molecule has 0 aromatic carbocycles. The minimum absolute atomic E-state index is 0.0205. The van der Waals surface area contributed by atoms with Gasteiger partial charge in [0.2, 0.25) is 5.91 Å². The number of hydrogen-bond donors (Lipinski definition) is 0. The van der Waals surface area contributed by atoms with E-state index in [4.69, 9.17) is 4.74 Å². The molecule has 1 aliphatic rings. The number of amides is 1. The van der Waals surface area contributed by atoms with Gasteiger partial charge in [-0.2, -0.15) is 0 Å². The SMILES string of the molecule is Cc1cncc(C(=O)OC[C@@H]2CC(=O)N(C)[C@H]2c2cccs2)c1. The van der Waals surface area contributed by atoms with Crippen LogP contribution in [-0.4, -0.2) is 35.4 Å². The highest BCUT2D eigenvalue weighted by Gasteiger charge is 2.39. The lowest BCUT2D eigenvalue weighted by molar-refractivity contribution is -0.127. The van der Waals surface area contributed by atoms with Crippen molar-refractivity contribution in [2.45, 2.75) is 19.4 Å². The fourth-order valence-corrected chi connectivity index (χ4v) is 3.88. The smallest absolute Gasteiger partial charge is 0.339 e. The average Bonchev–Trinajstić information content (AvgIpc) is 3.14. The summed E-state index contributed by atoms with van der Waals surface area (Å²) in [5.41, 5.74) is 1.35. The number of nitrogens with zero attached hydrogens (tertiary/aromatic N) is 2. The molecule has 120 valence electrons. The van der Waals surface area contributed by atoms with Gasteiger partial charge in [-0.15, -0.1) is 11.3 Å². The van der Waals surface area contributed by atoms with Crippen LogP contribution in [0.4, 0.5) is 0 Å². The number of aromatic nitrogens is 1. The third-order valence-electron chi connectivity index (χ3n) is 4.07. The van der Waals surface area contributed by atoms with Crippen molar-refractivity contribution in [3.63, 3.8) is 0 Å². The van der Waals surface area contributed by atoms with Gasteiger partial charge in [-0.1, -0.05) is 6.07 Å². The molecule has 0 saturated carbocycles. The van der Waals surface area contributed by atoms with E-state index in [9.17, 15) is 9.59 Å². The molecule has 3 rings (SSSR count). The molecule has 0 spiro atoms. The zero-order chi connectivity index (χ0) is 16.4. The maximum Gasteiger partial charge on any atom is 0.339 e.